The van der Waals surface area contributed by atoms with Gasteiger partial charge in [-0.25, -0.2) is 4.39 Å². The average Bonchev–Trinajstić information content (AvgIpc) is 3.19. The summed E-state index contributed by atoms with van der Waals surface area (Å²) in [6, 6.07) is 12.5. The van der Waals surface area contributed by atoms with Gasteiger partial charge in [0, 0.05) is 50.4 Å². The lowest BCUT2D eigenvalue weighted by molar-refractivity contribution is -0.166. The molecule has 0 aliphatic carbocycles. The molecule has 2 fully saturated rings. The third-order valence-corrected chi connectivity index (χ3v) is 5.96. The van der Waals surface area contributed by atoms with Crippen molar-refractivity contribution >= 4 is 11.6 Å². The molecule has 2 saturated heterocycles. The molecule has 0 aromatic heterocycles. The SMILES string of the molecule is COc1ccc([C@@]2(C)OC[C@@H](COc3ccc(N4CCN(C(C)=O)CC4)cc3)O2)c(F)c1. The highest BCUT2D eigenvalue weighted by molar-refractivity contribution is 5.73. The first-order chi connectivity index (χ1) is 15.4. The van der Waals surface area contributed by atoms with Crippen LogP contribution < -0.4 is 14.4 Å². The summed E-state index contributed by atoms with van der Waals surface area (Å²) in [7, 11) is 1.49. The summed E-state index contributed by atoms with van der Waals surface area (Å²) >= 11 is 0. The van der Waals surface area contributed by atoms with Gasteiger partial charge in [0.05, 0.1) is 13.7 Å². The van der Waals surface area contributed by atoms with Crippen molar-refractivity contribution in [3.63, 3.8) is 0 Å². The van der Waals surface area contributed by atoms with Gasteiger partial charge in [0.2, 0.25) is 5.91 Å². The summed E-state index contributed by atoms with van der Waals surface area (Å²) in [6.07, 6.45) is -0.319. The van der Waals surface area contributed by atoms with Crippen LogP contribution in [0.5, 0.6) is 11.5 Å². The second kappa shape index (κ2) is 9.34. The van der Waals surface area contributed by atoms with Crippen LogP contribution in [0.15, 0.2) is 42.5 Å². The van der Waals surface area contributed by atoms with Gasteiger partial charge in [0.25, 0.3) is 0 Å². The van der Waals surface area contributed by atoms with Gasteiger partial charge in [-0.1, -0.05) is 0 Å². The molecule has 2 aromatic rings. The number of benzene rings is 2. The van der Waals surface area contributed by atoms with Gasteiger partial charge in [-0.05, 0) is 43.3 Å². The fraction of sp³-hybridized carbons (Fsp3) is 0.458. The largest absolute Gasteiger partial charge is 0.497 e. The lowest BCUT2D eigenvalue weighted by Crippen LogP contribution is -2.48. The van der Waals surface area contributed by atoms with E-state index in [1.807, 2.05) is 29.2 Å². The van der Waals surface area contributed by atoms with Gasteiger partial charge in [0.1, 0.15) is 30.0 Å². The van der Waals surface area contributed by atoms with Gasteiger partial charge in [-0.3, -0.25) is 4.79 Å². The van der Waals surface area contributed by atoms with Crippen molar-refractivity contribution in [2.45, 2.75) is 25.7 Å². The van der Waals surface area contributed by atoms with Gasteiger partial charge in [0.15, 0.2) is 5.79 Å². The summed E-state index contributed by atoms with van der Waals surface area (Å²) < 4.78 is 37.2. The number of carbonyl (C=O) groups is 1. The van der Waals surface area contributed by atoms with Crippen LogP contribution in [-0.4, -0.2) is 63.4 Å². The van der Waals surface area contributed by atoms with Crippen molar-refractivity contribution < 1.29 is 28.1 Å². The Bertz CT molecular complexity index is 946. The molecule has 0 radical (unpaired) electrons. The molecule has 2 aromatic carbocycles. The Kier molecular flexibility index (Phi) is 6.53. The zero-order chi connectivity index (χ0) is 22.7. The van der Waals surface area contributed by atoms with Crippen molar-refractivity contribution in [1.29, 1.82) is 0 Å². The number of piperazine rings is 1. The molecule has 32 heavy (non-hydrogen) atoms. The average molecular weight is 445 g/mol. The number of ether oxygens (including phenoxy) is 4. The Morgan fingerprint density at radius 2 is 1.81 bits per heavy atom. The molecular weight excluding hydrogens is 415 g/mol. The molecule has 2 aliphatic heterocycles. The number of nitrogens with zero attached hydrogens (tertiary/aromatic N) is 2. The minimum Gasteiger partial charge on any atom is -0.497 e. The number of hydrogen-bond donors (Lipinski definition) is 0. The van der Waals surface area contributed by atoms with Crippen LogP contribution in [0.1, 0.15) is 19.4 Å². The first-order valence-corrected chi connectivity index (χ1v) is 10.8. The van der Waals surface area contributed by atoms with E-state index in [2.05, 4.69) is 4.90 Å². The van der Waals surface area contributed by atoms with Crippen LogP contribution in [0.2, 0.25) is 0 Å². The van der Waals surface area contributed by atoms with E-state index in [1.165, 1.54) is 13.2 Å². The maximum Gasteiger partial charge on any atom is 0.219 e. The molecule has 2 heterocycles. The standard InChI is InChI=1S/C24H29FN2O5/c1-17(28)26-10-12-27(13-11-26)18-4-6-19(7-5-18)30-15-21-16-31-24(2,32-21)22-9-8-20(29-3)14-23(22)25/h4-9,14,21H,10-13,15-16H2,1-3H3/t21-,24+/m1/s1. The fourth-order valence-electron chi connectivity index (χ4n) is 4.07. The Morgan fingerprint density at radius 1 is 1.12 bits per heavy atom. The number of methoxy groups -OCH3 is 1. The number of rotatable bonds is 6. The van der Waals surface area contributed by atoms with Crippen molar-refractivity contribution in [3.05, 3.63) is 53.8 Å². The zero-order valence-electron chi connectivity index (χ0n) is 18.7. The molecule has 2 atom stereocenters. The third kappa shape index (κ3) is 4.81. The molecule has 0 spiro atoms. The van der Waals surface area contributed by atoms with E-state index in [1.54, 1.807) is 26.0 Å². The molecule has 4 rings (SSSR count). The molecule has 7 nitrogen and oxygen atoms in total. The number of carbonyl (C=O) groups excluding carboxylic acids is 1. The van der Waals surface area contributed by atoms with Crippen molar-refractivity contribution in [1.82, 2.24) is 4.90 Å². The Balaban J connectivity index is 1.30. The van der Waals surface area contributed by atoms with E-state index in [0.717, 1.165) is 37.6 Å². The normalized spacial score (nSPS) is 23.3. The maximum absolute atomic E-state index is 14.5. The van der Waals surface area contributed by atoms with Crippen LogP contribution in [0.25, 0.3) is 0 Å². The van der Waals surface area contributed by atoms with E-state index in [9.17, 15) is 9.18 Å². The van der Waals surface area contributed by atoms with E-state index in [0.29, 0.717) is 24.5 Å². The van der Waals surface area contributed by atoms with Crippen LogP contribution in [0, 0.1) is 5.82 Å². The fourth-order valence-corrected chi connectivity index (χ4v) is 4.07. The lowest BCUT2D eigenvalue weighted by Gasteiger charge is -2.35. The minimum atomic E-state index is -1.17. The molecule has 1 amide bonds. The van der Waals surface area contributed by atoms with Crippen LogP contribution >= 0.6 is 0 Å². The van der Waals surface area contributed by atoms with Crippen LogP contribution in [0.3, 0.4) is 0 Å². The van der Waals surface area contributed by atoms with Gasteiger partial charge < -0.3 is 28.7 Å². The second-order valence-corrected chi connectivity index (χ2v) is 8.14. The first-order valence-electron chi connectivity index (χ1n) is 10.8. The zero-order valence-corrected chi connectivity index (χ0v) is 18.7. The molecule has 172 valence electrons. The van der Waals surface area contributed by atoms with Crippen LogP contribution in [-0.2, 0) is 20.1 Å². The molecule has 2 aliphatic rings. The predicted octanol–water partition coefficient (Wildman–Crippen LogP) is 3.17. The molecule has 8 heteroatoms. The van der Waals surface area contributed by atoms with Crippen molar-refractivity contribution in [2.24, 2.45) is 0 Å². The second-order valence-electron chi connectivity index (χ2n) is 8.14. The smallest absolute Gasteiger partial charge is 0.219 e. The van der Waals surface area contributed by atoms with Gasteiger partial charge in [-0.15, -0.1) is 0 Å². The number of halogens is 1. The summed E-state index contributed by atoms with van der Waals surface area (Å²) in [4.78, 5) is 15.6. The topological polar surface area (TPSA) is 60.5 Å². The minimum absolute atomic E-state index is 0.123. The van der Waals surface area contributed by atoms with Gasteiger partial charge >= 0.3 is 0 Å². The summed E-state index contributed by atoms with van der Waals surface area (Å²) in [5, 5.41) is 0. The molecule has 0 N–H and O–H groups in total. The van der Waals surface area contributed by atoms with E-state index >= 15 is 0 Å². The highest BCUT2D eigenvalue weighted by Gasteiger charge is 2.41. The van der Waals surface area contributed by atoms with Crippen molar-refractivity contribution in [2.75, 3.05) is 51.4 Å². The van der Waals surface area contributed by atoms with E-state index in [4.69, 9.17) is 18.9 Å². The summed E-state index contributed by atoms with van der Waals surface area (Å²) in [5.41, 5.74) is 1.43. The summed E-state index contributed by atoms with van der Waals surface area (Å²) in [5.74, 6) is -0.317. The first kappa shape index (κ1) is 22.4. The Morgan fingerprint density at radius 3 is 2.44 bits per heavy atom. The monoisotopic (exact) mass is 444 g/mol. The van der Waals surface area contributed by atoms with Gasteiger partial charge in [-0.2, -0.15) is 0 Å². The molecule has 0 bridgehead atoms. The molecule has 0 unspecified atom stereocenters. The third-order valence-electron chi connectivity index (χ3n) is 5.96. The van der Waals surface area contributed by atoms with Crippen LogP contribution in [0.4, 0.5) is 10.1 Å². The Hall–Kier alpha value is -2.84. The Labute approximate surface area is 187 Å². The maximum atomic E-state index is 14.5. The molecule has 0 saturated carbocycles. The van der Waals surface area contributed by atoms with Crippen molar-refractivity contribution in [3.8, 4) is 11.5 Å². The number of anilines is 1. The number of hydrogen-bond acceptors (Lipinski definition) is 6. The molecular formula is C24H29FN2O5. The lowest BCUT2D eigenvalue weighted by atomic mass is 10.1. The summed E-state index contributed by atoms with van der Waals surface area (Å²) in [6.45, 7) is 7.02. The number of amides is 1. The quantitative estimate of drug-likeness (QED) is 0.682. The van der Waals surface area contributed by atoms with E-state index < -0.39 is 11.6 Å². The predicted molar refractivity (Wildman–Crippen MR) is 118 cm³/mol. The highest BCUT2D eigenvalue weighted by atomic mass is 19.1. The van der Waals surface area contributed by atoms with E-state index in [-0.39, 0.29) is 12.0 Å². The highest BCUT2D eigenvalue weighted by Crippen LogP contribution is 2.36.